The van der Waals surface area contributed by atoms with Gasteiger partial charge in [-0.1, -0.05) is 42.0 Å². The zero-order valence-corrected chi connectivity index (χ0v) is 18.5. The fourth-order valence-corrected chi connectivity index (χ4v) is 4.49. The van der Waals surface area contributed by atoms with Crippen molar-refractivity contribution in [2.24, 2.45) is 0 Å². The number of Topliss-reactive ketones (excluding diaryl/α,β-unsaturated/α-hetero) is 1. The molecule has 7 heteroatoms. The largest absolute Gasteiger partial charge is 0.507 e. The molecule has 0 aliphatic carbocycles. The smallest absolute Gasteiger partial charge is 0.301 e. The molecule has 1 aliphatic rings. The average molecular weight is 435 g/mol. The molecule has 158 valence electrons. The predicted molar refractivity (Wildman–Crippen MR) is 121 cm³/mol. The number of aromatic nitrogens is 1. The Hall–Kier alpha value is -3.45. The summed E-state index contributed by atoms with van der Waals surface area (Å²) in [5.41, 5.74) is 3.03. The maximum absolute atomic E-state index is 13.1. The molecule has 1 amide bonds. The summed E-state index contributed by atoms with van der Waals surface area (Å²) in [7, 11) is 1.57. The Morgan fingerprint density at radius 2 is 1.68 bits per heavy atom. The minimum absolute atomic E-state index is 0.0459. The topological polar surface area (TPSA) is 79.7 Å². The third-order valence-corrected chi connectivity index (χ3v) is 6.50. The number of thiazole rings is 1. The van der Waals surface area contributed by atoms with Gasteiger partial charge in [0.25, 0.3) is 5.78 Å². The molecule has 0 spiro atoms. The number of aliphatic hydroxyl groups excluding tert-OH is 1. The standard InChI is InChI=1S/C24H22N2O4S/c1-13-5-7-17(8-6-13)21(27)19-20(16-9-11-18(30-4)12-10-16)26(23(29)22(19)28)24-25-14(2)15(3)31-24/h5-12,20,27H,1-4H3/t20-/m0/s1. The number of carbonyl (C=O) groups is 2. The number of hydrogen-bond donors (Lipinski definition) is 1. The van der Waals surface area contributed by atoms with Crippen molar-refractivity contribution in [2.45, 2.75) is 26.8 Å². The quantitative estimate of drug-likeness (QED) is 0.366. The van der Waals surface area contributed by atoms with Crippen molar-refractivity contribution in [2.75, 3.05) is 12.0 Å². The summed E-state index contributed by atoms with van der Waals surface area (Å²) < 4.78 is 5.24. The number of methoxy groups -OCH3 is 1. The normalized spacial score (nSPS) is 17.9. The Bertz CT molecular complexity index is 1170. The van der Waals surface area contributed by atoms with Gasteiger partial charge < -0.3 is 9.84 Å². The van der Waals surface area contributed by atoms with Gasteiger partial charge in [-0.2, -0.15) is 0 Å². The molecule has 1 aliphatic heterocycles. The lowest BCUT2D eigenvalue weighted by Gasteiger charge is -2.23. The van der Waals surface area contributed by atoms with E-state index in [0.717, 1.165) is 16.1 Å². The zero-order chi connectivity index (χ0) is 22.3. The van der Waals surface area contributed by atoms with E-state index in [2.05, 4.69) is 4.98 Å². The highest BCUT2D eigenvalue weighted by Gasteiger charge is 2.48. The van der Waals surface area contributed by atoms with Gasteiger partial charge in [-0.05, 0) is 38.5 Å². The molecule has 3 aromatic rings. The van der Waals surface area contributed by atoms with Crippen LogP contribution in [0.3, 0.4) is 0 Å². The lowest BCUT2D eigenvalue weighted by Crippen LogP contribution is -2.29. The average Bonchev–Trinajstić information content (AvgIpc) is 3.23. The van der Waals surface area contributed by atoms with Crippen LogP contribution in [0.4, 0.5) is 5.13 Å². The Balaban J connectivity index is 1.93. The van der Waals surface area contributed by atoms with Crippen LogP contribution in [-0.4, -0.2) is 28.9 Å². The first-order valence-corrected chi connectivity index (χ1v) is 10.6. The number of hydrogen-bond acceptors (Lipinski definition) is 6. The van der Waals surface area contributed by atoms with Gasteiger partial charge in [0.2, 0.25) is 0 Å². The van der Waals surface area contributed by atoms with E-state index in [4.69, 9.17) is 4.74 Å². The third kappa shape index (κ3) is 3.61. The Kier molecular flexibility index (Phi) is 5.37. The molecule has 2 heterocycles. The number of aliphatic hydroxyl groups is 1. The summed E-state index contributed by atoms with van der Waals surface area (Å²) in [5, 5.41) is 11.5. The van der Waals surface area contributed by atoms with Crippen LogP contribution in [0.25, 0.3) is 5.76 Å². The van der Waals surface area contributed by atoms with E-state index >= 15 is 0 Å². The fourth-order valence-electron chi connectivity index (χ4n) is 3.56. The number of ether oxygens (including phenoxy) is 1. The Morgan fingerprint density at radius 3 is 2.23 bits per heavy atom. The van der Waals surface area contributed by atoms with Crippen LogP contribution in [0.1, 0.15) is 33.3 Å². The Morgan fingerprint density at radius 1 is 1.03 bits per heavy atom. The molecule has 0 saturated carbocycles. The summed E-state index contributed by atoms with van der Waals surface area (Å²) in [5.74, 6) is -0.987. The van der Waals surface area contributed by atoms with Crippen LogP contribution in [0.5, 0.6) is 5.75 Å². The van der Waals surface area contributed by atoms with E-state index < -0.39 is 17.7 Å². The van der Waals surface area contributed by atoms with Crippen molar-refractivity contribution in [1.82, 2.24) is 4.98 Å². The number of rotatable bonds is 4. The van der Waals surface area contributed by atoms with Crippen molar-refractivity contribution in [1.29, 1.82) is 0 Å². The van der Waals surface area contributed by atoms with Gasteiger partial charge in [-0.15, -0.1) is 11.3 Å². The first-order chi connectivity index (χ1) is 14.8. The lowest BCUT2D eigenvalue weighted by atomic mass is 9.95. The highest BCUT2D eigenvalue weighted by atomic mass is 32.1. The molecule has 1 N–H and O–H groups in total. The number of anilines is 1. The molecule has 31 heavy (non-hydrogen) atoms. The summed E-state index contributed by atoms with van der Waals surface area (Å²) in [4.78, 5) is 33.1. The monoisotopic (exact) mass is 434 g/mol. The second-order valence-electron chi connectivity index (χ2n) is 7.45. The minimum atomic E-state index is -0.794. The first kappa shape index (κ1) is 20.8. The van der Waals surface area contributed by atoms with Crippen LogP contribution in [0.2, 0.25) is 0 Å². The number of benzene rings is 2. The van der Waals surface area contributed by atoms with Gasteiger partial charge in [0.05, 0.1) is 24.4 Å². The van der Waals surface area contributed by atoms with E-state index in [0.29, 0.717) is 22.0 Å². The van der Waals surface area contributed by atoms with Gasteiger partial charge in [-0.25, -0.2) is 4.98 Å². The van der Waals surface area contributed by atoms with E-state index in [1.165, 1.54) is 16.2 Å². The van der Waals surface area contributed by atoms with E-state index in [-0.39, 0.29) is 11.3 Å². The second-order valence-corrected chi connectivity index (χ2v) is 8.63. The fraction of sp³-hybridized carbons (Fsp3) is 0.208. The van der Waals surface area contributed by atoms with Crippen LogP contribution in [-0.2, 0) is 9.59 Å². The highest BCUT2D eigenvalue weighted by Crippen LogP contribution is 2.43. The number of ketones is 1. The summed E-state index contributed by atoms with van der Waals surface area (Å²) in [6, 6.07) is 13.5. The summed E-state index contributed by atoms with van der Waals surface area (Å²) >= 11 is 1.35. The number of carbonyl (C=O) groups excluding carboxylic acids is 2. The maximum atomic E-state index is 13.1. The SMILES string of the molecule is COc1ccc([C@H]2C(=C(O)c3ccc(C)cc3)C(=O)C(=O)N2c2nc(C)c(C)s2)cc1. The Labute approximate surface area is 184 Å². The van der Waals surface area contributed by atoms with Crippen LogP contribution in [0, 0.1) is 20.8 Å². The lowest BCUT2D eigenvalue weighted by molar-refractivity contribution is -0.132. The molecule has 2 aromatic carbocycles. The summed E-state index contributed by atoms with van der Waals surface area (Å²) in [6.07, 6.45) is 0. The predicted octanol–water partition coefficient (Wildman–Crippen LogP) is 4.70. The zero-order valence-electron chi connectivity index (χ0n) is 17.7. The molecule has 4 rings (SSSR count). The van der Waals surface area contributed by atoms with E-state index in [1.807, 2.05) is 32.9 Å². The van der Waals surface area contributed by atoms with Gasteiger partial charge in [0.15, 0.2) is 5.13 Å². The molecule has 6 nitrogen and oxygen atoms in total. The van der Waals surface area contributed by atoms with E-state index in [9.17, 15) is 14.7 Å². The van der Waals surface area contributed by atoms with Crippen molar-refractivity contribution in [3.63, 3.8) is 0 Å². The number of amides is 1. The van der Waals surface area contributed by atoms with Gasteiger partial charge >= 0.3 is 5.91 Å². The van der Waals surface area contributed by atoms with Crippen LogP contribution >= 0.6 is 11.3 Å². The number of nitrogens with zero attached hydrogens (tertiary/aromatic N) is 2. The number of aryl methyl sites for hydroxylation is 3. The third-order valence-electron chi connectivity index (χ3n) is 5.42. The van der Waals surface area contributed by atoms with Crippen molar-refractivity contribution in [3.05, 3.63) is 81.4 Å². The van der Waals surface area contributed by atoms with Crippen molar-refractivity contribution in [3.8, 4) is 5.75 Å². The first-order valence-electron chi connectivity index (χ1n) is 9.78. The highest BCUT2D eigenvalue weighted by molar-refractivity contribution is 7.16. The molecular weight excluding hydrogens is 412 g/mol. The van der Waals surface area contributed by atoms with Crippen molar-refractivity contribution < 1.29 is 19.4 Å². The molecule has 1 saturated heterocycles. The molecule has 1 aromatic heterocycles. The van der Waals surface area contributed by atoms with Gasteiger partial charge in [0.1, 0.15) is 11.5 Å². The van der Waals surface area contributed by atoms with Crippen molar-refractivity contribution >= 4 is 33.9 Å². The molecule has 0 unspecified atom stereocenters. The second kappa shape index (κ2) is 8.00. The van der Waals surface area contributed by atoms with Crippen LogP contribution in [0.15, 0.2) is 54.1 Å². The molecule has 1 fully saturated rings. The maximum Gasteiger partial charge on any atom is 0.301 e. The molecular formula is C24H22N2O4S. The van der Waals surface area contributed by atoms with Gasteiger partial charge in [-0.3, -0.25) is 14.5 Å². The molecule has 0 bridgehead atoms. The summed E-state index contributed by atoms with van der Waals surface area (Å²) in [6.45, 7) is 5.72. The minimum Gasteiger partial charge on any atom is -0.507 e. The van der Waals surface area contributed by atoms with Crippen LogP contribution < -0.4 is 9.64 Å². The molecule has 0 radical (unpaired) electrons. The van der Waals surface area contributed by atoms with Gasteiger partial charge in [0, 0.05) is 10.4 Å². The molecule has 1 atom stereocenters. The van der Waals surface area contributed by atoms with E-state index in [1.54, 1.807) is 43.5 Å².